The van der Waals surface area contributed by atoms with Crippen LogP contribution in [0.3, 0.4) is 0 Å². The minimum atomic E-state index is -0.971. The molecule has 0 radical (unpaired) electrons. The first-order valence-electron chi connectivity index (χ1n) is 7.97. The monoisotopic (exact) mass is 305 g/mol. The van der Waals surface area contributed by atoms with E-state index in [1.807, 2.05) is 6.07 Å². The summed E-state index contributed by atoms with van der Waals surface area (Å²) in [6.45, 7) is 0.340. The van der Waals surface area contributed by atoms with Gasteiger partial charge in [0.05, 0.1) is 25.7 Å². The summed E-state index contributed by atoms with van der Waals surface area (Å²) in [5, 5.41) is 22.2. The van der Waals surface area contributed by atoms with Gasteiger partial charge in [-0.1, -0.05) is 18.2 Å². The predicted molar refractivity (Wildman–Crippen MR) is 81.6 cm³/mol. The molecule has 0 bridgehead atoms. The Hall–Kier alpha value is -1.43. The molecule has 1 aromatic carbocycles. The molecule has 0 aromatic heterocycles. The Morgan fingerprint density at radius 2 is 1.95 bits per heavy atom. The van der Waals surface area contributed by atoms with Crippen LogP contribution in [0.4, 0.5) is 0 Å². The van der Waals surface area contributed by atoms with E-state index < -0.39 is 18.2 Å². The third-order valence-electron chi connectivity index (χ3n) is 4.52. The van der Waals surface area contributed by atoms with Crippen molar-refractivity contribution in [3.63, 3.8) is 0 Å². The van der Waals surface area contributed by atoms with Crippen molar-refractivity contribution in [2.24, 2.45) is 0 Å². The molecule has 1 saturated heterocycles. The van der Waals surface area contributed by atoms with Crippen LogP contribution in [0.5, 0.6) is 0 Å². The SMILES string of the molecule is O=C(Cc1ccc2c(c1)CCCC2)N[C@@H]1COC[C@@H](O)[C@H]1O. The molecule has 0 spiro atoms. The minimum Gasteiger partial charge on any atom is -0.388 e. The zero-order valence-electron chi connectivity index (χ0n) is 12.6. The van der Waals surface area contributed by atoms with E-state index in [0.29, 0.717) is 0 Å². The lowest BCUT2D eigenvalue weighted by Crippen LogP contribution is -2.56. The Morgan fingerprint density at radius 1 is 1.18 bits per heavy atom. The molecule has 1 aromatic rings. The Bertz CT molecular complexity index is 545. The summed E-state index contributed by atoms with van der Waals surface area (Å²) in [5.74, 6) is -0.155. The molecule has 1 aliphatic heterocycles. The second-order valence-electron chi connectivity index (χ2n) is 6.26. The van der Waals surface area contributed by atoms with Crippen LogP contribution in [-0.4, -0.2) is 47.6 Å². The highest BCUT2D eigenvalue weighted by atomic mass is 16.5. The first-order valence-corrected chi connectivity index (χ1v) is 7.97. The van der Waals surface area contributed by atoms with Crippen LogP contribution >= 0.6 is 0 Å². The zero-order valence-corrected chi connectivity index (χ0v) is 12.6. The van der Waals surface area contributed by atoms with Crippen molar-refractivity contribution in [2.75, 3.05) is 13.2 Å². The molecule has 120 valence electrons. The number of hydrogen-bond acceptors (Lipinski definition) is 4. The van der Waals surface area contributed by atoms with Gasteiger partial charge in [-0.3, -0.25) is 4.79 Å². The van der Waals surface area contributed by atoms with Crippen LogP contribution in [-0.2, 0) is 28.8 Å². The van der Waals surface area contributed by atoms with Crippen molar-refractivity contribution in [1.82, 2.24) is 5.32 Å². The molecule has 3 atom stereocenters. The van der Waals surface area contributed by atoms with Gasteiger partial charge in [0.2, 0.25) is 5.91 Å². The molecule has 1 aliphatic carbocycles. The fourth-order valence-electron chi connectivity index (χ4n) is 3.25. The van der Waals surface area contributed by atoms with Gasteiger partial charge in [0, 0.05) is 0 Å². The van der Waals surface area contributed by atoms with Gasteiger partial charge < -0.3 is 20.3 Å². The second-order valence-corrected chi connectivity index (χ2v) is 6.26. The van der Waals surface area contributed by atoms with Crippen molar-refractivity contribution in [1.29, 1.82) is 0 Å². The number of fused-ring (bicyclic) bond motifs is 1. The van der Waals surface area contributed by atoms with E-state index in [0.717, 1.165) is 18.4 Å². The molecule has 3 rings (SSSR count). The third-order valence-corrected chi connectivity index (χ3v) is 4.52. The molecule has 5 heteroatoms. The van der Waals surface area contributed by atoms with E-state index in [2.05, 4.69) is 17.4 Å². The summed E-state index contributed by atoms with van der Waals surface area (Å²) in [6.07, 6.45) is 3.05. The summed E-state index contributed by atoms with van der Waals surface area (Å²) < 4.78 is 5.17. The highest BCUT2D eigenvalue weighted by Gasteiger charge is 2.32. The molecule has 0 saturated carbocycles. The van der Waals surface area contributed by atoms with E-state index in [9.17, 15) is 15.0 Å². The van der Waals surface area contributed by atoms with Crippen molar-refractivity contribution >= 4 is 5.91 Å². The van der Waals surface area contributed by atoms with E-state index >= 15 is 0 Å². The van der Waals surface area contributed by atoms with Gasteiger partial charge in [0.1, 0.15) is 12.2 Å². The number of nitrogens with one attached hydrogen (secondary N) is 1. The largest absolute Gasteiger partial charge is 0.388 e. The van der Waals surface area contributed by atoms with Crippen molar-refractivity contribution in [2.45, 2.75) is 50.4 Å². The van der Waals surface area contributed by atoms with Gasteiger partial charge in [-0.2, -0.15) is 0 Å². The summed E-state index contributed by atoms with van der Waals surface area (Å²) in [6, 6.07) is 5.71. The number of hydrogen-bond donors (Lipinski definition) is 3. The fraction of sp³-hybridized carbons (Fsp3) is 0.588. The highest BCUT2D eigenvalue weighted by Crippen LogP contribution is 2.22. The van der Waals surface area contributed by atoms with E-state index in [1.54, 1.807) is 0 Å². The third kappa shape index (κ3) is 3.48. The first-order chi connectivity index (χ1) is 10.6. The molecule has 1 heterocycles. The zero-order chi connectivity index (χ0) is 15.5. The predicted octanol–water partition coefficient (Wildman–Crippen LogP) is 0.345. The van der Waals surface area contributed by atoms with Gasteiger partial charge in [-0.25, -0.2) is 0 Å². The Balaban J connectivity index is 1.59. The molecule has 3 N–H and O–H groups in total. The maximum atomic E-state index is 12.1. The quantitative estimate of drug-likeness (QED) is 0.753. The van der Waals surface area contributed by atoms with Crippen LogP contribution in [0.25, 0.3) is 0 Å². The molecular weight excluding hydrogens is 282 g/mol. The average molecular weight is 305 g/mol. The van der Waals surface area contributed by atoms with Gasteiger partial charge in [0.15, 0.2) is 0 Å². The van der Waals surface area contributed by atoms with Crippen molar-refractivity contribution in [3.05, 3.63) is 34.9 Å². The Morgan fingerprint density at radius 3 is 2.77 bits per heavy atom. The fourth-order valence-corrected chi connectivity index (χ4v) is 3.25. The molecule has 22 heavy (non-hydrogen) atoms. The number of aryl methyl sites for hydroxylation is 2. The van der Waals surface area contributed by atoms with Crippen molar-refractivity contribution in [3.8, 4) is 0 Å². The molecular formula is C17H23NO4. The molecule has 5 nitrogen and oxygen atoms in total. The maximum absolute atomic E-state index is 12.1. The lowest BCUT2D eigenvalue weighted by atomic mass is 9.90. The smallest absolute Gasteiger partial charge is 0.224 e. The molecule has 1 amide bonds. The standard InChI is InChI=1S/C17H23NO4/c19-15-10-22-9-14(17(15)21)18-16(20)8-11-5-6-12-3-1-2-4-13(12)7-11/h5-7,14-15,17,19,21H,1-4,8-10H2,(H,18,20)/t14-,15-,17+/m1/s1. The van der Waals surface area contributed by atoms with E-state index in [4.69, 9.17) is 4.74 Å². The topological polar surface area (TPSA) is 78.8 Å². The van der Waals surface area contributed by atoms with Crippen LogP contribution < -0.4 is 5.32 Å². The van der Waals surface area contributed by atoms with Crippen LogP contribution in [0.2, 0.25) is 0 Å². The summed E-state index contributed by atoms with van der Waals surface area (Å²) in [4.78, 5) is 12.1. The number of rotatable bonds is 3. The van der Waals surface area contributed by atoms with E-state index in [1.165, 1.54) is 24.0 Å². The summed E-state index contributed by atoms with van der Waals surface area (Å²) >= 11 is 0. The average Bonchev–Trinajstić information content (AvgIpc) is 2.52. The normalized spacial score (nSPS) is 28.0. The van der Waals surface area contributed by atoms with E-state index in [-0.39, 0.29) is 25.5 Å². The second kappa shape index (κ2) is 6.77. The Kier molecular flexibility index (Phi) is 4.76. The van der Waals surface area contributed by atoms with Crippen LogP contribution in [0, 0.1) is 0 Å². The lowest BCUT2D eigenvalue weighted by molar-refractivity contribution is -0.131. The lowest BCUT2D eigenvalue weighted by Gasteiger charge is -2.32. The van der Waals surface area contributed by atoms with Crippen LogP contribution in [0.1, 0.15) is 29.5 Å². The maximum Gasteiger partial charge on any atom is 0.224 e. The number of ether oxygens (including phenoxy) is 1. The van der Waals surface area contributed by atoms with Gasteiger partial charge >= 0.3 is 0 Å². The number of aliphatic hydroxyl groups excluding tert-OH is 2. The number of aliphatic hydroxyl groups is 2. The number of carbonyl (C=O) groups excluding carboxylic acids is 1. The minimum absolute atomic E-state index is 0.109. The highest BCUT2D eigenvalue weighted by molar-refractivity contribution is 5.79. The van der Waals surface area contributed by atoms with Gasteiger partial charge in [0.25, 0.3) is 0 Å². The van der Waals surface area contributed by atoms with Crippen LogP contribution in [0.15, 0.2) is 18.2 Å². The molecule has 1 fully saturated rings. The summed E-state index contributed by atoms with van der Waals surface area (Å²) in [5.41, 5.74) is 3.74. The number of benzene rings is 1. The Labute approximate surface area is 130 Å². The number of amides is 1. The molecule has 2 aliphatic rings. The summed E-state index contributed by atoms with van der Waals surface area (Å²) in [7, 11) is 0. The molecule has 0 unspecified atom stereocenters. The number of carbonyl (C=O) groups is 1. The van der Waals surface area contributed by atoms with Gasteiger partial charge in [-0.05, 0) is 42.4 Å². The first kappa shape index (κ1) is 15.5. The van der Waals surface area contributed by atoms with Crippen molar-refractivity contribution < 1.29 is 19.7 Å². The van der Waals surface area contributed by atoms with Gasteiger partial charge in [-0.15, -0.1) is 0 Å².